The van der Waals surface area contributed by atoms with Gasteiger partial charge in [-0.3, -0.25) is 9.89 Å². The van der Waals surface area contributed by atoms with Crippen molar-refractivity contribution in [3.63, 3.8) is 0 Å². The summed E-state index contributed by atoms with van der Waals surface area (Å²) in [4.78, 5) is 20.0. The highest BCUT2D eigenvalue weighted by Gasteiger charge is 2.44. The lowest BCUT2D eigenvalue weighted by molar-refractivity contribution is 0.0252. The number of amides is 1. The Morgan fingerprint density at radius 2 is 2.03 bits per heavy atom. The first-order valence-electron chi connectivity index (χ1n) is 13.6. The molecule has 6 rings (SSSR count). The van der Waals surface area contributed by atoms with E-state index in [9.17, 15) is 4.79 Å². The smallest absolute Gasteiger partial charge is 0.410 e. The van der Waals surface area contributed by atoms with Crippen LogP contribution in [0.4, 0.5) is 4.79 Å². The van der Waals surface area contributed by atoms with Crippen LogP contribution in [0.15, 0.2) is 59.6 Å². The van der Waals surface area contributed by atoms with Crippen LogP contribution in [0.25, 0.3) is 16.7 Å². The van der Waals surface area contributed by atoms with Crippen molar-refractivity contribution in [3.05, 3.63) is 70.8 Å². The summed E-state index contributed by atoms with van der Waals surface area (Å²) in [5.41, 5.74) is 5.90. The van der Waals surface area contributed by atoms with Crippen LogP contribution in [0, 0.1) is 5.92 Å². The zero-order chi connectivity index (χ0) is 26.6. The second kappa shape index (κ2) is 9.84. The molecule has 2 aromatic rings. The Bertz CT molecular complexity index is 1380. The number of nitrogens with one attached hydrogen (secondary N) is 1. The molecule has 4 unspecified atom stereocenters. The molecule has 1 N–H and O–H groups in total. The molecular weight excluding hydrogens is 513 g/mol. The highest BCUT2D eigenvalue weighted by Crippen LogP contribution is 2.39. The molecule has 1 saturated heterocycles. The maximum absolute atomic E-state index is 13.0. The van der Waals surface area contributed by atoms with Crippen LogP contribution in [-0.2, 0) is 10.9 Å². The van der Waals surface area contributed by atoms with Gasteiger partial charge in [0.2, 0.25) is 0 Å². The highest BCUT2D eigenvalue weighted by atomic mass is 35.5. The Morgan fingerprint density at radius 3 is 2.82 bits per heavy atom. The predicted octanol–water partition coefficient (Wildman–Crippen LogP) is 6.55. The first kappa shape index (κ1) is 25.6. The summed E-state index contributed by atoms with van der Waals surface area (Å²) in [5.74, 6) is 1.29. The molecule has 4 aliphatic rings. The van der Waals surface area contributed by atoms with Gasteiger partial charge in [0.05, 0.1) is 18.1 Å². The molecule has 5 nitrogen and oxygen atoms in total. The van der Waals surface area contributed by atoms with Crippen molar-refractivity contribution in [2.45, 2.75) is 70.4 Å². The largest absolute Gasteiger partial charge is 0.444 e. The molecule has 0 bridgehead atoms. The molecule has 0 aromatic heterocycles. The molecule has 0 saturated carbocycles. The number of hydrogen-bond acceptors (Lipinski definition) is 4. The number of ether oxygens (including phenoxy) is 1. The zero-order valence-corrected chi connectivity index (χ0v) is 24.2. The third-order valence-electron chi connectivity index (χ3n) is 7.94. The lowest BCUT2D eigenvalue weighted by atomic mass is 9.92. The number of carbonyl (C=O) groups excluding carboxylic acids is 1. The molecule has 1 fully saturated rings. The van der Waals surface area contributed by atoms with Crippen molar-refractivity contribution in [1.29, 1.82) is 0 Å². The summed E-state index contributed by atoms with van der Waals surface area (Å²) in [6, 6.07) is 13.2. The van der Waals surface area contributed by atoms with E-state index in [0.29, 0.717) is 12.5 Å². The van der Waals surface area contributed by atoms with E-state index in [0.717, 1.165) is 38.4 Å². The molecule has 0 spiro atoms. The maximum Gasteiger partial charge on any atom is 0.410 e. The number of rotatable bonds is 3. The van der Waals surface area contributed by atoms with Crippen molar-refractivity contribution >= 4 is 43.0 Å². The molecule has 1 aliphatic carbocycles. The second-order valence-corrected chi connectivity index (χ2v) is 13.3. The second-order valence-electron chi connectivity index (χ2n) is 11.6. The van der Waals surface area contributed by atoms with E-state index < -0.39 is 5.60 Å². The Labute approximate surface area is 232 Å². The third-order valence-corrected chi connectivity index (χ3v) is 9.53. The first-order chi connectivity index (χ1) is 18.2. The van der Waals surface area contributed by atoms with Gasteiger partial charge in [-0.1, -0.05) is 70.0 Å². The van der Waals surface area contributed by atoms with Crippen molar-refractivity contribution in [2.75, 3.05) is 6.54 Å². The minimum absolute atomic E-state index is 0.0449. The van der Waals surface area contributed by atoms with Crippen LogP contribution in [0.2, 0.25) is 5.02 Å². The molecule has 1 amide bonds. The molecular formula is C31H35ClN3O2P. The number of halogens is 1. The molecule has 7 heteroatoms. The molecule has 3 heterocycles. The molecule has 38 heavy (non-hydrogen) atoms. The summed E-state index contributed by atoms with van der Waals surface area (Å²) < 4.78 is 5.74. The number of benzene rings is 2. The number of fused-ring (bicyclic) bond motifs is 4. The van der Waals surface area contributed by atoms with E-state index in [-0.39, 0.29) is 24.2 Å². The predicted molar refractivity (Wildman–Crippen MR) is 159 cm³/mol. The Kier molecular flexibility index (Phi) is 6.64. The summed E-state index contributed by atoms with van der Waals surface area (Å²) in [6.45, 7) is 8.65. The lowest BCUT2D eigenvalue weighted by Gasteiger charge is -2.31. The van der Waals surface area contributed by atoms with Crippen LogP contribution in [0.5, 0.6) is 0 Å². The quantitative estimate of drug-likeness (QED) is 0.443. The fourth-order valence-electron chi connectivity index (χ4n) is 6.09. The monoisotopic (exact) mass is 547 g/mol. The van der Waals surface area contributed by atoms with E-state index in [1.54, 1.807) is 0 Å². The Morgan fingerprint density at radius 1 is 1.21 bits per heavy atom. The summed E-state index contributed by atoms with van der Waals surface area (Å²) in [5, 5.41) is 5.91. The topological polar surface area (TPSA) is 53.9 Å². The molecule has 5 atom stereocenters. The SMILES string of the molecule is CC[C@H]1CCN(C(=O)OC(C)(C)C)C1C1=NC2C=CC(c3ccc4c(c3)PCc3cc(Cl)ccc3-4)=CC2N1. The van der Waals surface area contributed by atoms with Crippen molar-refractivity contribution in [2.24, 2.45) is 10.9 Å². The van der Waals surface area contributed by atoms with Crippen molar-refractivity contribution in [1.82, 2.24) is 10.2 Å². The fraction of sp³-hybridized carbons (Fsp3) is 0.419. The third kappa shape index (κ3) is 4.80. The minimum Gasteiger partial charge on any atom is -0.444 e. The van der Waals surface area contributed by atoms with Gasteiger partial charge in [-0.2, -0.15) is 0 Å². The molecule has 0 radical (unpaired) electrons. The van der Waals surface area contributed by atoms with Gasteiger partial charge in [-0.25, -0.2) is 4.79 Å². The number of allylic oxidation sites excluding steroid dienone is 2. The van der Waals surface area contributed by atoms with Gasteiger partial charge >= 0.3 is 6.09 Å². The maximum atomic E-state index is 13.0. The normalized spacial score (nSPS) is 26.3. The Balaban J connectivity index is 1.22. The number of likely N-dealkylation sites (tertiary alicyclic amines) is 1. The average molecular weight is 548 g/mol. The molecule has 198 valence electrons. The average Bonchev–Trinajstić information content (AvgIpc) is 3.50. The highest BCUT2D eigenvalue weighted by molar-refractivity contribution is 7.47. The molecule has 2 aromatic carbocycles. The number of hydrogen-bond donors (Lipinski definition) is 1. The summed E-state index contributed by atoms with van der Waals surface area (Å²) in [7, 11) is 0.737. The van der Waals surface area contributed by atoms with Crippen LogP contribution in [0.3, 0.4) is 0 Å². The fourth-order valence-corrected chi connectivity index (χ4v) is 7.62. The van der Waals surface area contributed by atoms with Gasteiger partial charge in [0.15, 0.2) is 0 Å². The van der Waals surface area contributed by atoms with Crippen LogP contribution >= 0.6 is 20.2 Å². The van der Waals surface area contributed by atoms with Gasteiger partial charge in [0.1, 0.15) is 11.4 Å². The van der Waals surface area contributed by atoms with Crippen molar-refractivity contribution < 1.29 is 9.53 Å². The lowest BCUT2D eigenvalue weighted by Crippen LogP contribution is -2.50. The van der Waals surface area contributed by atoms with Crippen molar-refractivity contribution in [3.8, 4) is 11.1 Å². The van der Waals surface area contributed by atoms with E-state index in [1.807, 2.05) is 31.7 Å². The summed E-state index contributed by atoms with van der Waals surface area (Å²) >= 11 is 6.24. The van der Waals surface area contributed by atoms with Crippen LogP contribution in [0.1, 0.15) is 51.7 Å². The minimum atomic E-state index is -0.518. The van der Waals surface area contributed by atoms with Gasteiger partial charge in [0.25, 0.3) is 0 Å². The number of aliphatic imine (C=N–C) groups is 1. The van der Waals surface area contributed by atoms with Gasteiger partial charge in [0, 0.05) is 11.6 Å². The van der Waals surface area contributed by atoms with Gasteiger partial charge in [-0.15, -0.1) is 0 Å². The number of nitrogens with zero attached hydrogens (tertiary/aromatic N) is 2. The van der Waals surface area contributed by atoms with Crippen LogP contribution < -0.4 is 10.6 Å². The Hall–Kier alpha value is -2.62. The van der Waals surface area contributed by atoms with Gasteiger partial charge < -0.3 is 10.1 Å². The summed E-state index contributed by atoms with van der Waals surface area (Å²) in [6.07, 6.45) is 9.47. The van der Waals surface area contributed by atoms with E-state index in [4.69, 9.17) is 21.3 Å². The van der Waals surface area contributed by atoms with E-state index in [1.165, 1.54) is 33.1 Å². The van der Waals surface area contributed by atoms with E-state index >= 15 is 0 Å². The van der Waals surface area contributed by atoms with Crippen LogP contribution in [-0.4, -0.2) is 47.1 Å². The number of amidine groups is 1. The standard InChI is InChI=1S/C31H35ClN3O2P/c1-5-18-12-13-35(30(36)37-31(2,3)4)28(18)29-33-25-11-7-19(15-26(25)34-29)20-6-9-24-23-10-8-22(32)14-21(23)17-38-27(24)16-20/h6-11,14-16,18,25-26,28,38H,5,12-13,17H2,1-4H3,(H,33,34)/t18-,25?,26?,28?/m0/s1. The zero-order valence-electron chi connectivity index (χ0n) is 22.4. The number of carbonyl (C=O) groups is 1. The molecule has 3 aliphatic heterocycles. The van der Waals surface area contributed by atoms with E-state index in [2.05, 4.69) is 60.8 Å². The van der Waals surface area contributed by atoms with Gasteiger partial charge in [-0.05, 0) is 90.6 Å². The first-order valence-corrected chi connectivity index (χ1v) is 15.2.